The first-order chi connectivity index (χ1) is 12.5. The molecule has 0 aliphatic carbocycles. The van der Waals surface area contributed by atoms with Crippen LogP contribution in [-0.4, -0.2) is 64.5 Å². The van der Waals surface area contributed by atoms with Crippen molar-refractivity contribution < 1.29 is 13.9 Å². The van der Waals surface area contributed by atoms with Gasteiger partial charge in [-0.3, -0.25) is 4.99 Å². The van der Waals surface area contributed by atoms with Crippen molar-refractivity contribution in [3.8, 4) is 0 Å². The fourth-order valence-corrected chi connectivity index (χ4v) is 3.20. The molecular weight excluding hydrogens is 460 g/mol. The number of nitrogens with zero attached hydrogens (tertiary/aromatic N) is 2. The maximum absolute atomic E-state index is 13.5. The van der Waals surface area contributed by atoms with E-state index in [1.807, 2.05) is 6.07 Å². The van der Waals surface area contributed by atoms with Gasteiger partial charge in [-0.2, -0.15) is 0 Å². The molecule has 154 valence electrons. The molecule has 27 heavy (non-hydrogen) atoms. The van der Waals surface area contributed by atoms with Crippen LogP contribution in [0.3, 0.4) is 0 Å². The summed E-state index contributed by atoms with van der Waals surface area (Å²) in [5.74, 6) is 1.21. The van der Waals surface area contributed by atoms with Crippen molar-refractivity contribution in [1.82, 2.24) is 10.2 Å². The molecule has 0 aromatic heterocycles. The standard InChI is InChI=1S/C20H32FN3O2.HI/c1-20(2,17-6-5-7-18(21)12-17)15-23-19(22-3)24-9-8-16(13-24)14-26-11-10-25-4;/h5-7,12,16H,8-11,13-15H2,1-4H3,(H,22,23);1H. The number of nitrogens with one attached hydrogen (secondary N) is 1. The summed E-state index contributed by atoms with van der Waals surface area (Å²) in [6, 6.07) is 6.81. The molecule has 0 amide bonds. The van der Waals surface area contributed by atoms with E-state index in [4.69, 9.17) is 9.47 Å². The highest BCUT2D eigenvalue weighted by Gasteiger charge is 2.27. The second-order valence-electron chi connectivity index (χ2n) is 7.46. The summed E-state index contributed by atoms with van der Waals surface area (Å²) >= 11 is 0. The van der Waals surface area contributed by atoms with Gasteiger partial charge < -0.3 is 19.7 Å². The SMILES string of the molecule is CN=C(NCC(C)(C)c1cccc(F)c1)N1CCC(COCCOC)C1.I. The van der Waals surface area contributed by atoms with Crippen molar-refractivity contribution >= 4 is 29.9 Å². The highest BCUT2D eigenvalue weighted by molar-refractivity contribution is 14.0. The van der Waals surface area contributed by atoms with Crippen LogP contribution in [0, 0.1) is 11.7 Å². The minimum atomic E-state index is -0.198. The Morgan fingerprint density at radius 1 is 1.37 bits per heavy atom. The predicted octanol–water partition coefficient (Wildman–Crippen LogP) is 3.28. The topological polar surface area (TPSA) is 46.1 Å². The monoisotopic (exact) mass is 493 g/mol. The highest BCUT2D eigenvalue weighted by Crippen LogP contribution is 2.23. The second-order valence-corrected chi connectivity index (χ2v) is 7.46. The Kier molecular flexibility index (Phi) is 10.5. The molecule has 1 saturated heterocycles. The molecule has 1 heterocycles. The first-order valence-corrected chi connectivity index (χ1v) is 9.24. The Balaban J connectivity index is 0.00000364. The molecule has 7 heteroatoms. The van der Waals surface area contributed by atoms with Gasteiger partial charge in [0.25, 0.3) is 0 Å². The summed E-state index contributed by atoms with van der Waals surface area (Å²) in [7, 11) is 3.49. The van der Waals surface area contributed by atoms with E-state index in [2.05, 4.69) is 29.1 Å². The van der Waals surface area contributed by atoms with Crippen LogP contribution in [0.4, 0.5) is 4.39 Å². The van der Waals surface area contributed by atoms with Crippen molar-refractivity contribution in [2.24, 2.45) is 10.9 Å². The van der Waals surface area contributed by atoms with Gasteiger partial charge >= 0.3 is 0 Å². The number of hydrogen-bond acceptors (Lipinski definition) is 3. The summed E-state index contributed by atoms with van der Waals surface area (Å²) < 4.78 is 24.2. The van der Waals surface area contributed by atoms with Crippen molar-refractivity contribution in [1.29, 1.82) is 0 Å². The van der Waals surface area contributed by atoms with Gasteiger partial charge in [-0.05, 0) is 24.1 Å². The average Bonchev–Trinajstić information content (AvgIpc) is 3.08. The van der Waals surface area contributed by atoms with Gasteiger partial charge in [0, 0.05) is 45.1 Å². The molecule has 0 saturated carbocycles. The summed E-state index contributed by atoms with van der Waals surface area (Å²) in [5, 5.41) is 3.46. The van der Waals surface area contributed by atoms with Crippen LogP contribution in [0.2, 0.25) is 0 Å². The molecule has 1 aliphatic rings. The minimum Gasteiger partial charge on any atom is -0.382 e. The van der Waals surface area contributed by atoms with Gasteiger partial charge in [0.05, 0.1) is 19.8 Å². The lowest BCUT2D eigenvalue weighted by molar-refractivity contribution is 0.0536. The molecule has 1 aromatic carbocycles. The molecular formula is C20H33FIN3O2. The Labute approximate surface area is 179 Å². The molecule has 0 radical (unpaired) electrons. The first-order valence-electron chi connectivity index (χ1n) is 9.24. The van der Waals surface area contributed by atoms with E-state index in [0.29, 0.717) is 25.7 Å². The maximum atomic E-state index is 13.5. The number of methoxy groups -OCH3 is 1. The van der Waals surface area contributed by atoms with E-state index in [9.17, 15) is 4.39 Å². The molecule has 1 aromatic rings. The zero-order chi connectivity index (χ0) is 19.0. The lowest BCUT2D eigenvalue weighted by atomic mass is 9.84. The Morgan fingerprint density at radius 2 is 2.15 bits per heavy atom. The number of likely N-dealkylation sites (tertiary alicyclic amines) is 1. The predicted molar refractivity (Wildman–Crippen MR) is 119 cm³/mol. The molecule has 2 rings (SSSR count). The number of hydrogen-bond donors (Lipinski definition) is 1. The van der Waals surface area contributed by atoms with E-state index in [1.54, 1.807) is 26.3 Å². The molecule has 1 N–H and O–H groups in total. The molecule has 1 fully saturated rings. The number of aliphatic imine (C=N–C) groups is 1. The number of rotatable bonds is 8. The van der Waals surface area contributed by atoms with Crippen LogP contribution in [0.5, 0.6) is 0 Å². The van der Waals surface area contributed by atoms with Crippen LogP contribution in [0.15, 0.2) is 29.3 Å². The summed E-state index contributed by atoms with van der Waals surface area (Å²) in [6.07, 6.45) is 1.10. The quantitative estimate of drug-likeness (QED) is 0.262. The zero-order valence-corrected chi connectivity index (χ0v) is 19.2. The number of halogens is 2. The number of benzene rings is 1. The highest BCUT2D eigenvalue weighted by atomic mass is 127. The third-order valence-electron chi connectivity index (χ3n) is 4.88. The average molecular weight is 493 g/mol. The van der Waals surface area contributed by atoms with E-state index >= 15 is 0 Å². The van der Waals surface area contributed by atoms with E-state index in [-0.39, 0.29) is 35.2 Å². The van der Waals surface area contributed by atoms with Gasteiger partial charge in [0.2, 0.25) is 0 Å². The summed E-state index contributed by atoms with van der Waals surface area (Å²) in [4.78, 5) is 6.69. The van der Waals surface area contributed by atoms with Crippen molar-refractivity contribution in [3.05, 3.63) is 35.6 Å². The Bertz CT molecular complexity index is 598. The fourth-order valence-electron chi connectivity index (χ4n) is 3.20. The van der Waals surface area contributed by atoms with E-state index in [0.717, 1.165) is 37.6 Å². The molecule has 0 spiro atoms. The smallest absolute Gasteiger partial charge is 0.193 e. The fraction of sp³-hybridized carbons (Fsp3) is 0.650. The number of ether oxygens (including phenoxy) is 2. The van der Waals surface area contributed by atoms with Crippen molar-refractivity contribution in [2.45, 2.75) is 25.7 Å². The van der Waals surface area contributed by atoms with Crippen molar-refractivity contribution in [2.75, 3.05) is 53.6 Å². The van der Waals surface area contributed by atoms with Crippen LogP contribution < -0.4 is 5.32 Å². The van der Waals surface area contributed by atoms with Gasteiger partial charge in [-0.15, -0.1) is 24.0 Å². The van der Waals surface area contributed by atoms with Gasteiger partial charge in [0.1, 0.15) is 5.82 Å². The van der Waals surface area contributed by atoms with Crippen molar-refractivity contribution in [3.63, 3.8) is 0 Å². The van der Waals surface area contributed by atoms with E-state index in [1.165, 1.54) is 6.07 Å². The van der Waals surface area contributed by atoms with Crippen LogP contribution >= 0.6 is 24.0 Å². The lowest BCUT2D eigenvalue weighted by Crippen LogP contribution is -2.45. The summed E-state index contributed by atoms with van der Waals surface area (Å²) in [6.45, 7) is 8.85. The third kappa shape index (κ3) is 7.54. The number of guanidine groups is 1. The van der Waals surface area contributed by atoms with Gasteiger partial charge in [-0.1, -0.05) is 26.0 Å². The van der Waals surface area contributed by atoms with E-state index < -0.39 is 0 Å². The van der Waals surface area contributed by atoms with Crippen LogP contribution in [0.25, 0.3) is 0 Å². The van der Waals surface area contributed by atoms with Crippen LogP contribution in [-0.2, 0) is 14.9 Å². The largest absolute Gasteiger partial charge is 0.382 e. The summed E-state index contributed by atoms with van der Waals surface area (Å²) in [5.41, 5.74) is 0.784. The van der Waals surface area contributed by atoms with Gasteiger partial charge in [0.15, 0.2) is 5.96 Å². The normalized spacial score (nSPS) is 17.7. The molecule has 0 bridgehead atoms. The third-order valence-corrected chi connectivity index (χ3v) is 4.88. The second kappa shape index (κ2) is 11.8. The Hall–Kier alpha value is -0.930. The lowest BCUT2D eigenvalue weighted by Gasteiger charge is -2.29. The molecule has 1 unspecified atom stereocenters. The zero-order valence-electron chi connectivity index (χ0n) is 16.8. The Morgan fingerprint density at radius 3 is 2.81 bits per heavy atom. The molecule has 5 nitrogen and oxygen atoms in total. The van der Waals surface area contributed by atoms with Gasteiger partial charge in [-0.25, -0.2) is 4.39 Å². The molecule has 1 aliphatic heterocycles. The maximum Gasteiger partial charge on any atom is 0.193 e. The first kappa shape index (κ1) is 24.1. The minimum absolute atomic E-state index is 0. The molecule has 1 atom stereocenters. The van der Waals surface area contributed by atoms with Crippen LogP contribution in [0.1, 0.15) is 25.8 Å².